The van der Waals surface area contributed by atoms with E-state index in [1.807, 2.05) is 19.9 Å². The monoisotopic (exact) mass is 410 g/mol. The van der Waals surface area contributed by atoms with Gasteiger partial charge in [0.2, 0.25) is 0 Å². The molecule has 0 unspecified atom stereocenters. The number of ether oxygens (including phenoxy) is 2. The van der Waals surface area contributed by atoms with Crippen LogP contribution in [0.1, 0.15) is 29.8 Å². The van der Waals surface area contributed by atoms with Crippen molar-refractivity contribution < 1.29 is 23.9 Å². The van der Waals surface area contributed by atoms with E-state index in [0.717, 1.165) is 5.56 Å². The molecule has 0 aliphatic heterocycles. The molecular weight excluding hydrogens is 384 g/mol. The van der Waals surface area contributed by atoms with E-state index in [0.29, 0.717) is 30.1 Å². The lowest BCUT2D eigenvalue weighted by Crippen LogP contribution is -2.30. The second-order valence-corrected chi connectivity index (χ2v) is 6.32. The summed E-state index contributed by atoms with van der Waals surface area (Å²) < 4.78 is 10.1. The summed E-state index contributed by atoms with van der Waals surface area (Å²) in [6, 6.07) is 13.8. The van der Waals surface area contributed by atoms with Gasteiger partial charge in [-0.3, -0.25) is 9.59 Å². The van der Waals surface area contributed by atoms with Crippen LogP contribution in [-0.4, -0.2) is 49.5 Å². The van der Waals surface area contributed by atoms with Gasteiger partial charge in [0.15, 0.2) is 6.61 Å². The highest BCUT2D eigenvalue weighted by Gasteiger charge is 2.12. The number of carbonyl (C=O) groups is 3. The fraction of sp³-hybridized carbons (Fsp3) is 0.261. The van der Waals surface area contributed by atoms with Crippen molar-refractivity contribution in [3.8, 4) is 5.75 Å². The number of hydrogen-bond donors (Lipinski definition) is 1. The topological polar surface area (TPSA) is 84.9 Å². The number of rotatable bonds is 9. The van der Waals surface area contributed by atoms with Crippen molar-refractivity contribution in [2.45, 2.75) is 13.8 Å². The molecule has 0 radical (unpaired) electrons. The number of methoxy groups -OCH3 is 1. The maximum atomic E-state index is 12.3. The first kappa shape index (κ1) is 22.7. The number of nitrogens with zero attached hydrogens (tertiary/aromatic N) is 1. The second kappa shape index (κ2) is 11.4. The summed E-state index contributed by atoms with van der Waals surface area (Å²) in [7, 11) is 1.56. The van der Waals surface area contributed by atoms with Crippen LogP contribution in [0.5, 0.6) is 5.75 Å². The van der Waals surface area contributed by atoms with Crippen LogP contribution in [-0.2, 0) is 14.3 Å². The lowest BCUT2D eigenvalue weighted by atomic mass is 10.2. The second-order valence-electron chi connectivity index (χ2n) is 6.32. The molecule has 30 heavy (non-hydrogen) atoms. The smallest absolute Gasteiger partial charge is 0.331 e. The van der Waals surface area contributed by atoms with Crippen molar-refractivity contribution >= 4 is 29.5 Å². The van der Waals surface area contributed by atoms with Crippen molar-refractivity contribution in [1.82, 2.24) is 4.90 Å². The molecule has 2 aromatic rings. The molecule has 2 rings (SSSR count). The molecule has 1 N–H and O–H groups in total. The average Bonchev–Trinajstić information content (AvgIpc) is 2.77. The van der Waals surface area contributed by atoms with E-state index in [-0.39, 0.29) is 5.91 Å². The van der Waals surface area contributed by atoms with Gasteiger partial charge in [-0.15, -0.1) is 0 Å². The number of anilines is 1. The Morgan fingerprint density at radius 1 is 1.03 bits per heavy atom. The fourth-order valence-corrected chi connectivity index (χ4v) is 2.68. The zero-order valence-electron chi connectivity index (χ0n) is 17.4. The van der Waals surface area contributed by atoms with E-state index in [1.54, 1.807) is 60.6 Å². The highest BCUT2D eigenvalue weighted by Crippen LogP contribution is 2.14. The van der Waals surface area contributed by atoms with Crippen LogP contribution in [0.4, 0.5) is 5.69 Å². The zero-order valence-corrected chi connectivity index (χ0v) is 17.4. The lowest BCUT2D eigenvalue weighted by Gasteiger charge is -2.18. The lowest BCUT2D eigenvalue weighted by molar-refractivity contribution is -0.142. The maximum Gasteiger partial charge on any atom is 0.331 e. The van der Waals surface area contributed by atoms with Gasteiger partial charge in [-0.05, 0) is 61.9 Å². The SMILES string of the molecule is CCN(CC)C(=O)c1ccc(NC(=O)COC(=O)/C=C/c2cccc(OC)c2)cc1. The van der Waals surface area contributed by atoms with Crippen LogP contribution < -0.4 is 10.1 Å². The first-order valence-electron chi connectivity index (χ1n) is 9.64. The Morgan fingerprint density at radius 2 is 1.73 bits per heavy atom. The molecular formula is C23H26N2O5. The Balaban J connectivity index is 1.83. The molecule has 0 saturated heterocycles. The van der Waals surface area contributed by atoms with Gasteiger partial charge < -0.3 is 19.7 Å². The molecule has 7 nitrogen and oxygen atoms in total. The average molecular weight is 410 g/mol. The van der Waals surface area contributed by atoms with Crippen LogP contribution in [0.15, 0.2) is 54.6 Å². The molecule has 2 aromatic carbocycles. The summed E-state index contributed by atoms with van der Waals surface area (Å²) in [5.74, 6) is -0.488. The number of nitrogens with one attached hydrogen (secondary N) is 1. The van der Waals surface area contributed by atoms with Gasteiger partial charge >= 0.3 is 5.97 Å². The van der Waals surface area contributed by atoms with Crippen LogP contribution in [0.2, 0.25) is 0 Å². The predicted molar refractivity (Wildman–Crippen MR) is 115 cm³/mol. The van der Waals surface area contributed by atoms with Gasteiger partial charge in [0, 0.05) is 30.4 Å². The van der Waals surface area contributed by atoms with Crippen LogP contribution in [0, 0.1) is 0 Å². The Labute approximate surface area is 176 Å². The largest absolute Gasteiger partial charge is 0.497 e. The molecule has 0 spiro atoms. The minimum atomic E-state index is -0.631. The normalized spacial score (nSPS) is 10.5. The number of benzene rings is 2. The Hall–Kier alpha value is -3.61. The first-order valence-corrected chi connectivity index (χ1v) is 9.64. The Morgan fingerprint density at radius 3 is 2.37 bits per heavy atom. The van der Waals surface area contributed by atoms with Crippen molar-refractivity contribution in [2.24, 2.45) is 0 Å². The quantitative estimate of drug-likeness (QED) is 0.506. The summed E-state index contributed by atoms with van der Waals surface area (Å²) in [6.07, 6.45) is 2.82. The molecule has 0 aliphatic rings. The first-order chi connectivity index (χ1) is 14.5. The van der Waals surface area contributed by atoms with Crippen LogP contribution in [0.25, 0.3) is 6.08 Å². The summed E-state index contributed by atoms with van der Waals surface area (Å²) in [5, 5.41) is 2.63. The zero-order chi connectivity index (χ0) is 21.9. The van der Waals surface area contributed by atoms with Gasteiger partial charge in [0.25, 0.3) is 11.8 Å². The summed E-state index contributed by atoms with van der Waals surface area (Å²) in [5.41, 5.74) is 1.83. The van der Waals surface area contributed by atoms with E-state index in [9.17, 15) is 14.4 Å². The summed E-state index contributed by atoms with van der Waals surface area (Å²) >= 11 is 0. The van der Waals surface area contributed by atoms with Crippen molar-refractivity contribution in [1.29, 1.82) is 0 Å². The molecule has 0 heterocycles. The molecule has 0 aromatic heterocycles. The van der Waals surface area contributed by atoms with Gasteiger partial charge in [-0.2, -0.15) is 0 Å². The Bertz CT molecular complexity index is 902. The van der Waals surface area contributed by atoms with Crippen LogP contribution in [0.3, 0.4) is 0 Å². The summed E-state index contributed by atoms with van der Waals surface area (Å²) in [6.45, 7) is 4.69. The predicted octanol–water partition coefficient (Wildman–Crippen LogP) is 3.37. The molecule has 2 amide bonds. The maximum absolute atomic E-state index is 12.3. The van der Waals surface area contributed by atoms with E-state index < -0.39 is 18.5 Å². The van der Waals surface area contributed by atoms with E-state index >= 15 is 0 Å². The minimum absolute atomic E-state index is 0.0605. The van der Waals surface area contributed by atoms with E-state index in [1.165, 1.54) is 6.08 Å². The van der Waals surface area contributed by atoms with Gasteiger partial charge in [0.05, 0.1) is 7.11 Å². The third-order valence-corrected chi connectivity index (χ3v) is 4.32. The molecule has 0 saturated carbocycles. The fourth-order valence-electron chi connectivity index (χ4n) is 2.68. The van der Waals surface area contributed by atoms with Crippen molar-refractivity contribution in [2.75, 3.05) is 32.1 Å². The molecule has 0 aliphatic carbocycles. The third kappa shape index (κ3) is 6.77. The minimum Gasteiger partial charge on any atom is -0.497 e. The molecule has 0 bridgehead atoms. The highest BCUT2D eigenvalue weighted by atomic mass is 16.5. The van der Waals surface area contributed by atoms with Gasteiger partial charge in [-0.25, -0.2) is 4.79 Å². The van der Waals surface area contributed by atoms with Crippen molar-refractivity contribution in [3.05, 3.63) is 65.7 Å². The number of carbonyl (C=O) groups excluding carboxylic acids is 3. The number of hydrogen-bond acceptors (Lipinski definition) is 5. The Kier molecular flexibility index (Phi) is 8.62. The van der Waals surface area contributed by atoms with Gasteiger partial charge in [-0.1, -0.05) is 12.1 Å². The molecule has 0 atom stereocenters. The highest BCUT2D eigenvalue weighted by molar-refractivity contribution is 5.97. The summed E-state index contributed by atoms with van der Waals surface area (Å²) in [4.78, 5) is 37.8. The molecule has 158 valence electrons. The third-order valence-electron chi connectivity index (χ3n) is 4.32. The molecule has 7 heteroatoms. The van der Waals surface area contributed by atoms with E-state index in [2.05, 4.69) is 5.32 Å². The standard InChI is InChI=1S/C23H26N2O5/c1-4-25(5-2)23(28)18-10-12-19(13-11-18)24-21(26)16-30-22(27)14-9-17-7-6-8-20(15-17)29-3/h6-15H,4-5,16H2,1-3H3,(H,24,26)/b14-9+. The molecule has 0 fully saturated rings. The number of amides is 2. The van der Waals surface area contributed by atoms with E-state index in [4.69, 9.17) is 9.47 Å². The van der Waals surface area contributed by atoms with Crippen molar-refractivity contribution in [3.63, 3.8) is 0 Å². The van der Waals surface area contributed by atoms with Gasteiger partial charge in [0.1, 0.15) is 5.75 Å². The van der Waals surface area contributed by atoms with Crippen LogP contribution >= 0.6 is 0 Å². The number of esters is 1.